The Kier molecular flexibility index (Phi) is 4.53. The number of carbonyl (C=O) groups is 1. The van der Waals surface area contributed by atoms with E-state index in [9.17, 15) is 4.79 Å². The molecule has 2 aromatic rings. The van der Waals surface area contributed by atoms with Crippen LogP contribution in [0, 0.1) is 0 Å². The van der Waals surface area contributed by atoms with Gasteiger partial charge in [-0.05, 0) is 44.7 Å². The van der Waals surface area contributed by atoms with E-state index in [-0.39, 0.29) is 12.0 Å². The minimum atomic E-state index is -0.508. The molecule has 0 spiro atoms. The summed E-state index contributed by atoms with van der Waals surface area (Å²) in [7, 11) is 0. The second kappa shape index (κ2) is 6.96. The fourth-order valence-electron chi connectivity index (χ4n) is 3.32. The number of hydrogen-bond donors (Lipinski definition) is 0. The molecule has 1 aliphatic heterocycles. The largest absolute Gasteiger partial charge is 0.451 e. The Morgan fingerprint density at radius 1 is 1.32 bits per heavy atom. The number of hydrogen-bond acceptors (Lipinski definition) is 6. The summed E-state index contributed by atoms with van der Waals surface area (Å²) in [5.74, 6) is 1.36. The van der Waals surface area contributed by atoms with Crippen LogP contribution in [0.1, 0.15) is 61.9 Å². The summed E-state index contributed by atoms with van der Waals surface area (Å²) in [5, 5.41) is 3.99. The average Bonchev–Trinajstić information content (AvgIpc) is 3.17. The molecule has 1 aliphatic carbocycles. The van der Waals surface area contributed by atoms with Crippen molar-refractivity contribution in [3.05, 3.63) is 47.6 Å². The highest BCUT2D eigenvalue weighted by Gasteiger charge is 2.34. The van der Waals surface area contributed by atoms with Crippen LogP contribution in [-0.2, 0) is 16.1 Å². The van der Waals surface area contributed by atoms with Crippen molar-refractivity contribution < 1.29 is 14.1 Å². The molecule has 25 heavy (non-hydrogen) atoms. The predicted molar refractivity (Wildman–Crippen MR) is 90.7 cm³/mol. The van der Waals surface area contributed by atoms with E-state index in [4.69, 9.17) is 9.26 Å². The van der Waals surface area contributed by atoms with Gasteiger partial charge in [-0.2, -0.15) is 4.98 Å². The molecule has 1 aromatic carbocycles. The molecule has 132 valence electrons. The topological polar surface area (TPSA) is 68.5 Å². The van der Waals surface area contributed by atoms with Crippen molar-refractivity contribution in [1.82, 2.24) is 15.0 Å². The van der Waals surface area contributed by atoms with Crippen LogP contribution >= 0.6 is 0 Å². The Hall–Kier alpha value is -2.21. The molecule has 0 bridgehead atoms. The van der Waals surface area contributed by atoms with Crippen LogP contribution in [0.25, 0.3) is 0 Å². The maximum Gasteiger partial charge on any atom is 0.324 e. The highest BCUT2D eigenvalue weighted by molar-refractivity contribution is 5.76. The first kappa shape index (κ1) is 16.3. The van der Waals surface area contributed by atoms with E-state index in [0.29, 0.717) is 11.8 Å². The van der Waals surface area contributed by atoms with Crippen molar-refractivity contribution in [2.45, 2.75) is 57.2 Å². The third-order valence-corrected chi connectivity index (χ3v) is 4.90. The van der Waals surface area contributed by atoms with Crippen molar-refractivity contribution in [2.24, 2.45) is 0 Å². The molecule has 2 aliphatic rings. The van der Waals surface area contributed by atoms with Gasteiger partial charge in [0.05, 0.1) is 0 Å². The molecule has 1 aromatic heterocycles. The molecule has 2 fully saturated rings. The predicted octanol–water partition coefficient (Wildman–Crippen LogP) is 3.22. The molecular weight excluding hydrogens is 318 g/mol. The van der Waals surface area contributed by atoms with Gasteiger partial charge in [-0.15, -0.1) is 0 Å². The lowest BCUT2D eigenvalue weighted by molar-refractivity contribution is -0.155. The summed E-state index contributed by atoms with van der Waals surface area (Å²) in [6.45, 7) is 3.47. The number of ether oxygens (including phenoxy) is 1. The van der Waals surface area contributed by atoms with Crippen molar-refractivity contribution in [1.29, 1.82) is 0 Å². The fraction of sp³-hybridized carbons (Fsp3) is 0.526. The zero-order valence-electron chi connectivity index (χ0n) is 14.4. The first-order valence-electron chi connectivity index (χ1n) is 9.02. The number of benzene rings is 1. The van der Waals surface area contributed by atoms with Crippen LogP contribution in [0.4, 0.5) is 0 Å². The first-order valence-corrected chi connectivity index (χ1v) is 9.02. The number of aromatic nitrogens is 2. The second-order valence-electron chi connectivity index (χ2n) is 6.96. The van der Waals surface area contributed by atoms with E-state index >= 15 is 0 Å². The summed E-state index contributed by atoms with van der Waals surface area (Å²) < 4.78 is 10.9. The van der Waals surface area contributed by atoms with Gasteiger partial charge in [0.15, 0.2) is 11.9 Å². The maximum absolute atomic E-state index is 12.6. The molecule has 2 heterocycles. The Morgan fingerprint density at radius 3 is 2.88 bits per heavy atom. The zero-order chi connectivity index (χ0) is 17.2. The molecule has 0 unspecified atom stereocenters. The summed E-state index contributed by atoms with van der Waals surface area (Å²) in [6.07, 6.45) is 3.56. The average molecular weight is 341 g/mol. The quantitative estimate of drug-likeness (QED) is 0.752. The van der Waals surface area contributed by atoms with E-state index in [2.05, 4.69) is 27.2 Å². The van der Waals surface area contributed by atoms with E-state index in [1.54, 1.807) is 6.92 Å². The minimum absolute atomic E-state index is 0.200. The number of nitrogens with zero attached hydrogens (tertiary/aromatic N) is 3. The zero-order valence-corrected chi connectivity index (χ0v) is 14.4. The van der Waals surface area contributed by atoms with Crippen molar-refractivity contribution in [3.8, 4) is 0 Å². The number of rotatable bonds is 6. The molecule has 6 nitrogen and oxygen atoms in total. The lowest BCUT2D eigenvalue weighted by Crippen LogP contribution is -2.37. The minimum Gasteiger partial charge on any atom is -0.451 e. The third-order valence-electron chi connectivity index (χ3n) is 4.90. The normalized spacial score (nSPS) is 22.0. The van der Waals surface area contributed by atoms with Crippen LogP contribution in [0.3, 0.4) is 0 Å². The molecule has 1 saturated carbocycles. The summed E-state index contributed by atoms with van der Waals surface area (Å²) in [6, 6.07) is 10.0. The van der Waals surface area contributed by atoms with Crippen molar-refractivity contribution in [3.63, 3.8) is 0 Å². The smallest absolute Gasteiger partial charge is 0.324 e. The second-order valence-corrected chi connectivity index (χ2v) is 6.96. The standard InChI is InChI=1S/C19H23N3O3/c1-13(18-20-17(21-25-18)15-9-10-15)24-19(23)16-8-5-11-22(16)12-14-6-3-2-4-7-14/h2-4,6-7,13,15-16H,5,8-12H2,1H3/t13-,16+/m1/s1. The van der Waals surface area contributed by atoms with Gasteiger partial charge in [0.2, 0.25) is 0 Å². The lowest BCUT2D eigenvalue weighted by Gasteiger charge is -2.23. The maximum atomic E-state index is 12.6. The Labute approximate surface area is 147 Å². The van der Waals surface area contributed by atoms with Crippen LogP contribution in [-0.4, -0.2) is 33.6 Å². The van der Waals surface area contributed by atoms with Gasteiger partial charge < -0.3 is 9.26 Å². The SMILES string of the molecule is C[C@@H](OC(=O)[C@@H]1CCCN1Cc1ccccc1)c1nc(C2CC2)no1. The molecule has 2 atom stereocenters. The third kappa shape index (κ3) is 3.74. The molecule has 1 saturated heterocycles. The lowest BCUT2D eigenvalue weighted by atomic mass is 10.2. The summed E-state index contributed by atoms with van der Waals surface area (Å²) in [5.41, 5.74) is 1.21. The molecule has 0 radical (unpaired) electrons. The van der Waals surface area contributed by atoms with Gasteiger partial charge in [-0.25, -0.2) is 0 Å². The van der Waals surface area contributed by atoms with Gasteiger partial charge in [0.25, 0.3) is 5.89 Å². The van der Waals surface area contributed by atoms with Gasteiger partial charge in [-0.1, -0.05) is 35.5 Å². The van der Waals surface area contributed by atoms with Gasteiger partial charge in [0.1, 0.15) is 6.04 Å². The van der Waals surface area contributed by atoms with Gasteiger partial charge in [0, 0.05) is 12.5 Å². The van der Waals surface area contributed by atoms with E-state index in [1.165, 1.54) is 5.56 Å². The molecule has 0 N–H and O–H groups in total. The molecular formula is C19H23N3O3. The van der Waals surface area contributed by atoms with E-state index in [1.807, 2.05) is 18.2 Å². The van der Waals surface area contributed by atoms with Crippen LogP contribution in [0.15, 0.2) is 34.9 Å². The monoisotopic (exact) mass is 341 g/mol. The van der Waals surface area contributed by atoms with Crippen LogP contribution in [0.2, 0.25) is 0 Å². The van der Waals surface area contributed by atoms with Gasteiger partial charge in [-0.3, -0.25) is 9.69 Å². The highest BCUT2D eigenvalue weighted by atomic mass is 16.6. The molecule has 6 heteroatoms. The van der Waals surface area contributed by atoms with Crippen LogP contribution < -0.4 is 0 Å². The Bertz CT molecular complexity index is 727. The highest BCUT2D eigenvalue weighted by Crippen LogP contribution is 2.38. The first-order chi connectivity index (χ1) is 12.2. The number of likely N-dealkylation sites (tertiary alicyclic amines) is 1. The van der Waals surface area contributed by atoms with Crippen molar-refractivity contribution in [2.75, 3.05) is 6.54 Å². The molecule has 0 amide bonds. The van der Waals surface area contributed by atoms with E-state index in [0.717, 1.165) is 44.6 Å². The van der Waals surface area contributed by atoms with Crippen LogP contribution in [0.5, 0.6) is 0 Å². The van der Waals surface area contributed by atoms with Crippen molar-refractivity contribution >= 4 is 5.97 Å². The fourth-order valence-corrected chi connectivity index (χ4v) is 3.32. The summed E-state index contributed by atoms with van der Waals surface area (Å²) >= 11 is 0. The Balaban J connectivity index is 1.37. The summed E-state index contributed by atoms with van der Waals surface area (Å²) in [4.78, 5) is 19.2. The van der Waals surface area contributed by atoms with Gasteiger partial charge >= 0.3 is 5.97 Å². The van der Waals surface area contributed by atoms with E-state index < -0.39 is 6.10 Å². The number of carbonyl (C=O) groups excluding carboxylic acids is 1. The molecule has 4 rings (SSSR count). The number of esters is 1. The Morgan fingerprint density at radius 2 is 2.12 bits per heavy atom.